The standard InChI is InChI=1S/C13H22N2O3/c1-3-13(11(16)17)6-4-7-15(13)12(18)14-8-5-10(2)9-14/h10H,3-9H2,1-2H3,(H,16,17). The Labute approximate surface area is 108 Å². The van der Waals surface area contributed by atoms with Crippen molar-refractivity contribution in [1.82, 2.24) is 9.80 Å². The summed E-state index contributed by atoms with van der Waals surface area (Å²) in [4.78, 5) is 27.4. The third kappa shape index (κ3) is 1.95. The maximum atomic E-state index is 12.5. The van der Waals surface area contributed by atoms with Gasteiger partial charge in [-0.15, -0.1) is 0 Å². The highest BCUT2D eigenvalue weighted by atomic mass is 16.4. The minimum Gasteiger partial charge on any atom is -0.479 e. The molecule has 2 atom stereocenters. The van der Waals surface area contributed by atoms with Crippen LogP contribution in [0.4, 0.5) is 4.79 Å². The van der Waals surface area contributed by atoms with E-state index in [0.29, 0.717) is 25.3 Å². The van der Waals surface area contributed by atoms with Crippen LogP contribution in [0.25, 0.3) is 0 Å². The Bertz CT molecular complexity index is 358. The van der Waals surface area contributed by atoms with E-state index in [1.165, 1.54) is 0 Å². The first-order chi connectivity index (χ1) is 8.51. The normalized spacial score (nSPS) is 32.0. The van der Waals surface area contributed by atoms with Gasteiger partial charge < -0.3 is 14.9 Å². The van der Waals surface area contributed by atoms with Crippen LogP contribution in [0.15, 0.2) is 0 Å². The van der Waals surface area contributed by atoms with E-state index >= 15 is 0 Å². The van der Waals surface area contributed by atoms with Gasteiger partial charge in [0, 0.05) is 19.6 Å². The molecule has 102 valence electrons. The molecule has 5 heteroatoms. The van der Waals surface area contributed by atoms with Crippen LogP contribution in [-0.2, 0) is 4.79 Å². The van der Waals surface area contributed by atoms with Crippen molar-refractivity contribution in [1.29, 1.82) is 0 Å². The van der Waals surface area contributed by atoms with Gasteiger partial charge in [0.25, 0.3) is 0 Å². The van der Waals surface area contributed by atoms with Crippen molar-refractivity contribution in [2.45, 2.75) is 45.1 Å². The van der Waals surface area contributed by atoms with Gasteiger partial charge in [-0.25, -0.2) is 9.59 Å². The van der Waals surface area contributed by atoms with Crippen LogP contribution < -0.4 is 0 Å². The highest BCUT2D eigenvalue weighted by Gasteiger charge is 2.49. The largest absolute Gasteiger partial charge is 0.479 e. The average Bonchev–Trinajstić information content (AvgIpc) is 2.94. The second-order valence-corrected chi connectivity index (χ2v) is 5.57. The third-order valence-corrected chi connectivity index (χ3v) is 4.40. The summed E-state index contributed by atoms with van der Waals surface area (Å²) in [5.74, 6) is -0.333. The Morgan fingerprint density at radius 1 is 1.39 bits per heavy atom. The number of hydrogen-bond acceptors (Lipinski definition) is 2. The van der Waals surface area contributed by atoms with Gasteiger partial charge >= 0.3 is 12.0 Å². The fourth-order valence-corrected chi connectivity index (χ4v) is 3.18. The molecule has 2 heterocycles. The van der Waals surface area contributed by atoms with Crippen molar-refractivity contribution in [2.75, 3.05) is 19.6 Å². The maximum Gasteiger partial charge on any atom is 0.329 e. The fraction of sp³-hybridized carbons (Fsp3) is 0.846. The number of amides is 2. The van der Waals surface area contributed by atoms with Gasteiger partial charge in [-0.2, -0.15) is 0 Å². The number of hydrogen-bond donors (Lipinski definition) is 1. The number of carbonyl (C=O) groups is 2. The number of urea groups is 1. The molecule has 1 N–H and O–H groups in total. The van der Waals surface area contributed by atoms with Crippen LogP contribution in [0.3, 0.4) is 0 Å². The lowest BCUT2D eigenvalue weighted by molar-refractivity contribution is -0.148. The van der Waals surface area contributed by atoms with Crippen LogP contribution in [0, 0.1) is 5.92 Å². The van der Waals surface area contributed by atoms with E-state index in [4.69, 9.17) is 0 Å². The van der Waals surface area contributed by atoms with E-state index in [0.717, 1.165) is 25.9 Å². The smallest absolute Gasteiger partial charge is 0.329 e. The molecule has 2 unspecified atom stereocenters. The van der Waals surface area contributed by atoms with Crippen molar-refractivity contribution < 1.29 is 14.7 Å². The molecular weight excluding hydrogens is 232 g/mol. The molecule has 0 bridgehead atoms. The summed E-state index contributed by atoms with van der Waals surface area (Å²) in [6, 6.07) is -0.0823. The summed E-state index contributed by atoms with van der Waals surface area (Å²) < 4.78 is 0. The number of carbonyl (C=O) groups excluding carboxylic acids is 1. The predicted octanol–water partition coefficient (Wildman–Crippen LogP) is 1.78. The first-order valence-corrected chi connectivity index (χ1v) is 6.81. The third-order valence-electron chi connectivity index (χ3n) is 4.40. The van der Waals surface area contributed by atoms with Crippen LogP contribution in [0.2, 0.25) is 0 Å². The Kier molecular flexibility index (Phi) is 3.50. The molecule has 0 aliphatic carbocycles. The van der Waals surface area contributed by atoms with E-state index in [-0.39, 0.29) is 6.03 Å². The quantitative estimate of drug-likeness (QED) is 0.817. The van der Waals surface area contributed by atoms with Crippen LogP contribution in [0.5, 0.6) is 0 Å². The highest BCUT2D eigenvalue weighted by molar-refractivity contribution is 5.87. The number of nitrogens with zero attached hydrogens (tertiary/aromatic N) is 2. The first-order valence-electron chi connectivity index (χ1n) is 6.81. The first kappa shape index (κ1) is 13.2. The molecule has 0 radical (unpaired) electrons. The molecule has 0 spiro atoms. The summed E-state index contributed by atoms with van der Waals surface area (Å²) in [6.45, 7) is 6.07. The molecule has 2 rings (SSSR count). The van der Waals surface area contributed by atoms with Crippen molar-refractivity contribution in [3.63, 3.8) is 0 Å². The number of aliphatic carboxylic acids is 1. The molecule has 0 aromatic heterocycles. The SMILES string of the molecule is CCC1(C(=O)O)CCCN1C(=O)N1CCC(C)C1. The molecule has 2 fully saturated rings. The second-order valence-electron chi connectivity index (χ2n) is 5.57. The monoisotopic (exact) mass is 254 g/mol. The molecule has 2 saturated heterocycles. The predicted molar refractivity (Wildman–Crippen MR) is 67.3 cm³/mol. The lowest BCUT2D eigenvalue weighted by Crippen LogP contribution is -2.56. The summed E-state index contributed by atoms with van der Waals surface area (Å²) in [5.41, 5.74) is -0.969. The Morgan fingerprint density at radius 2 is 2.11 bits per heavy atom. The molecular formula is C13H22N2O3. The molecule has 2 aliphatic rings. The molecule has 5 nitrogen and oxygen atoms in total. The van der Waals surface area contributed by atoms with Gasteiger partial charge in [-0.1, -0.05) is 13.8 Å². The van der Waals surface area contributed by atoms with Gasteiger partial charge in [0.15, 0.2) is 0 Å². The molecule has 0 aromatic carbocycles. The minimum atomic E-state index is -0.969. The zero-order valence-corrected chi connectivity index (χ0v) is 11.2. The van der Waals surface area contributed by atoms with Gasteiger partial charge in [0.1, 0.15) is 5.54 Å². The summed E-state index contributed by atoms with van der Waals surface area (Å²) >= 11 is 0. The van der Waals surface area contributed by atoms with Crippen molar-refractivity contribution in [3.8, 4) is 0 Å². The topological polar surface area (TPSA) is 60.9 Å². The van der Waals surface area contributed by atoms with E-state index in [1.807, 2.05) is 11.8 Å². The van der Waals surface area contributed by atoms with E-state index in [1.54, 1.807) is 4.90 Å². The lowest BCUT2D eigenvalue weighted by Gasteiger charge is -2.36. The average molecular weight is 254 g/mol. The second kappa shape index (κ2) is 4.78. The van der Waals surface area contributed by atoms with E-state index < -0.39 is 11.5 Å². The van der Waals surface area contributed by atoms with Gasteiger partial charge in [-0.05, 0) is 31.6 Å². The van der Waals surface area contributed by atoms with E-state index in [9.17, 15) is 14.7 Å². The van der Waals surface area contributed by atoms with Crippen molar-refractivity contribution in [3.05, 3.63) is 0 Å². The Morgan fingerprint density at radius 3 is 2.61 bits per heavy atom. The Balaban J connectivity index is 2.16. The van der Waals surface area contributed by atoms with Crippen LogP contribution in [-0.4, -0.2) is 52.1 Å². The molecule has 2 aliphatic heterocycles. The molecule has 2 amide bonds. The zero-order chi connectivity index (χ0) is 13.3. The molecule has 18 heavy (non-hydrogen) atoms. The summed E-state index contributed by atoms with van der Waals surface area (Å²) in [6.07, 6.45) is 2.87. The minimum absolute atomic E-state index is 0.0823. The van der Waals surface area contributed by atoms with E-state index in [2.05, 4.69) is 6.92 Å². The number of carboxylic acids is 1. The highest BCUT2D eigenvalue weighted by Crippen LogP contribution is 2.34. The lowest BCUT2D eigenvalue weighted by atomic mass is 9.93. The number of rotatable bonds is 2. The summed E-state index contributed by atoms with van der Waals surface area (Å²) in [7, 11) is 0. The molecule has 0 aromatic rings. The molecule has 0 saturated carbocycles. The van der Waals surface area contributed by atoms with Gasteiger partial charge in [0.2, 0.25) is 0 Å². The fourth-order valence-electron chi connectivity index (χ4n) is 3.18. The Hall–Kier alpha value is -1.26. The summed E-state index contributed by atoms with van der Waals surface area (Å²) in [5, 5.41) is 9.47. The van der Waals surface area contributed by atoms with Gasteiger partial charge in [-0.3, -0.25) is 0 Å². The maximum absolute atomic E-state index is 12.5. The van der Waals surface area contributed by atoms with Crippen molar-refractivity contribution >= 4 is 12.0 Å². The number of likely N-dealkylation sites (tertiary alicyclic amines) is 2. The van der Waals surface area contributed by atoms with Crippen LogP contribution >= 0.6 is 0 Å². The zero-order valence-electron chi connectivity index (χ0n) is 11.2. The van der Waals surface area contributed by atoms with Crippen LogP contribution in [0.1, 0.15) is 39.5 Å². The van der Waals surface area contributed by atoms with Gasteiger partial charge in [0.05, 0.1) is 0 Å². The van der Waals surface area contributed by atoms with Crippen molar-refractivity contribution in [2.24, 2.45) is 5.92 Å². The number of carboxylic acid groups (broad SMARTS) is 1.